The zero-order valence-corrected chi connectivity index (χ0v) is 12.8. The molecule has 19 heavy (non-hydrogen) atoms. The first-order valence-electron chi connectivity index (χ1n) is 6.11. The Kier molecular flexibility index (Phi) is 6.76. The summed E-state index contributed by atoms with van der Waals surface area (Å²) in [5.74, 6) is -0.210. The van der Waals surface area contributed by atoms with Gasteiger partial charge >= 0.3 is 0 Å². The third-order valence-corrected chi connectivity index (χ3v) is 2.96. The number of carbonyl (C=O) groups is 2. The zero-order chi connectivity index (χ0) is 13.9. The van der Waals surface area contributed by atoms with Gasteiger partial charge in [0.05, 0.1) is 12.6 Å². The van der Waals surface area contributed by atoms with Crippen molar-refractivity contribution in [1.29, 1.82) is 0 Å². The minimum Gasteiger partial charge on any atom is -0.383 e. The highest BCUT2D eigenvalue weighted by atomic mass is 35.5. The fraction of sp³-hybridized carbons (Fsp3) is 0.833. The molecule has 1 saturated heterocycles. The number of hydrogen-bond donors (Lipinski definition) is 2. The van der Waals surface area contributed by atoms with Crippen LogP contribution in [0.15, 0.2) is 0 Å². The molecule has 112 valence electrons. The van der Waals surface area contributed by atoms with E-state index in [9.17, 15) is 9.59 Å². The quantitative estimate of drug-likeness (QED) is 0.758. The van der Waals surface area contributed by atoms with Crippen LogP contribution in [0.1, 0.15) is 27.2 Å². The summed E-state index contributed by atoms with van der Waals surface area (Å²) in [4.78, 5) is 25.3. The summed E-state index contributed by atoms with van der Waals surface area (Å²) in [5.41, 5.74) is 5.41. The van der Waals surface area contributed by atoms with Crippen LogP contribution in [0, 0.1) is 0 Å². The van der Waals surface area contributed by atoms with Crippen molar-refractivity contribution in [3.63, 3.8) is 0 Å². The maximum absolute atomic E-state index is 11.8. The molecule has 0 saturated carbocycles. The molecule has 0 radical (unpaired) electrons. The number of nitrogens with two attached hydrogens (primary N) is 1. The van der Waals surface area contributed by atoms with E-state index in [2.05, 4.69) is 5.32 Å². The van der Waals surface area contributed by atoms with Gasteiger partial charge in [-0.05, 0) is 20.8 Å². The van der Waals surface area contributed by atoms with Crippen molar-refractivity contribution >= 4 is 24.2 Å². The summed E-state index contributed by atoms with van der Waals surface area (Å²) >= 11 is 0. The molecular weight excluding hydrogens is 270 g/mol. The van der Waals surface area contributed by atoms with Crippen molar-refractivity contribution in [3.8, 4) is 0 Å². The van der Waals surface area contributed by atoms with Gasteiger partial charge in [-0.25, -0.2) is 0 Å². The van der Waals surface area contributed by atoms with Crippen LogP contribution in [0.4, 0.5) is 0 Å². The number of halogens is 1. The van der Waals surface area contributed by atoms with Gasteiger partial charge in [-0.3, -0.25) is 9.59 Å². The Bertz CT molecular complexity index is 331. The number of ether oxygens (including phenoxy) is 1. The number of nitrogens with one attached hydrogen (secondary N) is 1. The molecule has 0 aromatic rings. The van der Waals surface area contributed by atoms with E-state index in [0.29, 0.717) is 13.0 Å². The van der Waals surface area contributed by atoms with Crippen LogP contribution >= 0.6 is 12.4 Å². The number of nitrogens with zero attached hydrogens (tertiary/aromatic N) is 1. The van der Waals surface area contributed by atoms with Gasteiger partial charge in [0.15, 0.2) is 0 Å². The van der Waals surface area contributed by atoms with E-state index in [1.807, 2.05) is 20.8 Å². The van der Waals surface area contributed by atoms with Crippen LogP contribution in [0.5, 0.6) is 0 Å². The first-order chi connectivity index (χ1) is 8.25. The Balaban J connectivity index is 0.00000324. The summed E-state index contributed by atoms with van der Waals surface area (Å²) in [7, 11) is 1.49. The van der Waals surface area contributed by atoms with Gasteiger partial charge in [0.25, 0.3) is 0 Å². The van der Waals surface area contributed by atoms with E-state index in [1.165, 1.54) is 7.11 Å². The van der Waals surface area contributed by atoms with Crippen LogP contribution in [-0.4, -0.2) is 54.6 Å². The molecule has 1 heterocycles. The zero-order valence-electron chi connectivity index (χ0n) is 11.9. The molecular formula is C12H24ClN3O3. The number of methoxy groups -OCH3 is 1. The van der Waals surface area contributed by atoms with Crippen molar-refractivity contribution < 1.29 is 14.3 Å². The third-order valence-electron chi connectivity index (χ3n) is 2.96. The normalized spacial score (nSPS) is 21.0. The predicted octanol–water partition coefficient (Wildman–Crippen LogP) is -0.102. The highest BCUT2D eigenvalue weighted by Gasteiger charge is 2.37. The summed E-state index contributed by atoms with van der Waals surface area (Å²) < 4.78 is 4.82. The molecule has 0 aromatic heterocycles. The molecule has 3 N–H and O–H groups in total. The lowest BCUT2D eigenvalue weighted by molar-refractivity contribution is -0.131. The molecule has 7 heteroatoms. The van der Waals surface area contributed by atoms with Crippen LogP contribution < -0.4 is 11.1 Å². The van der Waals surface area contributed by atoms with Crippen LogP contribution in [0.25, 0.3) is 0 Å². The largest absolute Gasteiger partial charge is 0.383 e. The number of amides is 2. The lowest BCUT2D eigenvalue weighted by Gasteiger charge is -2.32. The second-order valence-corrected chi connectivity index (χ2v) is 5.65. The van der Waals surface area contributed by atoms with Gasteiger partial charge in [-0.15, -0.1) is 12.4 Å². The summed E-state index contributed by atoms with van der Waals surface area (Å²) in [6.45, 7) is 6.65. The van der Waals surface area contributed by atoms with E-state index in [4.69, 9.17) is 10.5 Å². The van der Waals surface area contributed by atoms with Crippen molar-refractivity contribution in [2.75, 3.05) is 20.3 Å². The second-order valence-electron chi connectivity index (χ2n) is 5.65. The molecule has 0 aromatic carbocycles. The van der Waals surface area contributed by atoms with Gasteiger partial charge in [0, 0.05) is 25.6 Å². The minimum absolute atomic E-state index is 0. The Labute approximate surface area is 120 Å². The monoisotopic (exact) mass is 293 g/mol. The lowest BCUT2D eigenvalue weighted by atomic mass is 10.1. The fourth-order valence-electron chi connectivity index (χ4n) is 2.02. The van der Waals surface area contributed by atoms with Crippen molar-refractivity contribution in [2.45, 2.75) is 44.8 Å². The molecule has 1 aliphatic heterocycles. The van der Waals surface area contributed by atoms with E-state index in [0.717, 1.165) is 0 Å². The van der Waals surface area contributed by atoms with E-state index in [1.54, 1.807) is 4.90 Å². The van der Waals surface area contributed by atoms with Crippen molar-refractivity contribution in [1.82, 2.24) is 10.2 Å². The maximum atomic E-state index is 11.8. The Morgan fingerprint density at radius 3 is 2.58 bits per heavy atom. The lowest BCUT2D eigenvalue weighted by Crippen LogP contribution is -2.49. The maximum Gasteiger partial charge on any atom is 0.239 e. The van der Waals surface area contributed by atoms with Gasteiger partial charge in [0.1, 0.15) is 6.04 Å². The fourth-order valence-corrected chi connectivity index (χ4v) is 2.02. The molecule has 1 aliphatic rings. The van der Waals surface area contributed by atoms with Crippen LogP contribution in [0.3, 0.4) is 0 Å². The Hall–Kier alpha value is -0.850. The third kappa shape index (κ3) is 4.97. The molecule has 1 rings (SSSR count). The van der Waals surface area contributed by atoms with E-state index < -0.39 is 6.04 Å². The summed E-state index contributed by atoms with van der Waals surface area (Å²) in [6.07, 6.45) is 0.336. The Morgan fingerprint density at radius 2 is 2.16 bits per heavy atom. The summed E-state index contributed by atoms with van der Waals surface area (Å²) in [5, 5.41) is 2.79. The minimum atomic E-state index is -0.686. The summed E-state index contributed by atoms with van der Waals surface area (Å²) in [6, 6.07) is -0.846. The molecule has 2 amide bonds. The number of likely N-dealkylation sites (tertiary alicyclic amines) is 1. The molecule has 1 fully saturated rings. The Morgan fingerprint density at radius 1 is 1.58 bits per heavy atom. The number of hydrogen-bond acceptors (Lipinski definition) is 4. The van der Waals surface area contributed by atoms with Gasteiger partial charge in [-0.1, -0.05) is 0 Å². The first-order valence-corrected chi connectivity index (χ1v) is 6.11. The van der Waals surface area contributed by atoms with Crippen LogP contribution in [-0.2, 0) is 14.3 Å². The molecule has 6 nitrogen and oxygen atoms in total. The molecule has 0 bridgehead atoms. The van der Waals surface area contributed by atoms with Crippen molar-refractivity contribution in [2.24, 2.45) is 5.73 Å². The average molecular weight is 294 g/mol. The first kappa shape index (κ1) is 18.1. The standard InChI is InChI=1S/C12H23N3O3.ClH/c1-12(2,3)15-6-8(5-10(15)16)14-11(17)9(13)7-18-4;/h8-9H,5-7,13H2,1-4H3,(H,14,17);1H. The predicted molar refractivity (Wildman–Crippen MR) is 75.1 cm³/mol. The van der Waals surface area contributed by atoms with Crippen LogP contribution in [0.2, 0.25) is 0 Å². The average Bonchev–Trinajstić information content (AvgIpc) is 2.59. The number of rotatable bonds is 4. The van der Waals surface area contributed by atoms with Gasteiger partial charge < -0.3 is 20.7 Å². The van der Waals surface area contributed by atoms with E-state index >= 15 is 0 Å². The topological polar surface area (TPSA) is 84.7 Å². The molecule has 2 atom stereocenters. The highest BCUT2D eigenvalue weighted by Crippen LogP contribution is 2.21. The van der Waals surface area contributed by atoms with E-state index in [-0.39, 0.29) is 42.4 Å². The van der Waals surface area contributed by atoms with Gasteiger partial charge in [-0.2, -0.15) is 0 Å². The molecule has 0 aliphatic carbocycles. The molecule has 2 unspecified atom stereocenters. The smallest absolute Gasteiger partial charge is 0.239 e. The van der Waals surface area contributed by atoms with Gasteiger partial charge in [0.2, 0.25) is 11.8 Å². The van der Waals surface area contributed by atoms with Crippen molar-refractivity contribution in [3.05, 3.63) is 0 Å². The second kappa shape index (κ2) is 7.07. The number of carbonyl (C=O) groups excluding carboxylic acids is 2. The highest BCUT2D eigenvalue weighted by molar-refractivity contribution is 5.85. The molecule has 0 spiro atoms. The SMILES string of the molecule is COCC(N)C(=O)NC1CC(=O)N(C(C)(C)C)C1.Cl.